The fraction of sp³-hybridized carbons (Fsp3) is 0.211. The molecule has 8 N–H and O–H groups in total. The zero-order chi connectivity index (χ0) is 29.5. The molecule has 0 aliphatic rings. The van der Waals surface area contributed by atoms with Crippen molar-refractivity contribution in [2.24, 2.45) is 10.9 Å². The van der Waals surface area contributed by atoms with Gasteiger partial charge in [0, 0.05) is 18.5 Å². The molecule has 21 heteroatoms. The van der Waals surface area contributed by atoms with Gasteiger partial charge in [-0.05, 0) is 28.1 Å². The first-order valence-corrected chi connectivity index (χ1v) is 14.6. The third-order valence-corrected chi connectivity index (χ3v) is 8.69. The largest absolute Gasteiger partial charge is 0.490 e. The van der Waals surface area contributed by atoms with Gasteiger partial charge in [-0.2, -0.15) is 13.2 Å². The summed E-state index contributed by atoms with van der Waals surface area (Å²) in [6.45, 7) is -0.642. The van der Waals surface area contributed by atoms with Gasteiger partial charge in [0.1, 0.15) is 9.79 Å². The van der Waals surface area contributed by atoms with E-state index in [1.807, 2.05) is 4.72 Å². The summed E-state index contributed by atoms with van der Waals surface area (Å²) in [5.41, 5.74) is 11.7. The van der Waals surface area contributed by atoms with E-state index in [1.165, 1.54) is 6.07 Å². The Morgan fingerprint density at radius 2 is 1.88 bits per heavy atom. The van der Waals surface area contributed by atoms with Crippen molar-refractivity contribution in [3.8, 4) is 22.5 Å². The van der Waals surface area contributed by atoms with Crippen molar-refractivity contribution in [2.75, 3.05) is 12.3 Å². The normalized spacial score (nSPS) is 13.4. The molecule has 0 aliphatic carbocycles. The molecule has 2 aromatic heterocycles. The van der Waals surface area contributed by atoms with Gasteiger partial charge >= 0.3 is 12.1 Å². The van der Waals surface area contributed by atoms with E-state index in [0.29, 0.717) is 15.8 Å². The van der Waals surface area contributed by atoms with Gasteiger partial charge < -0.3 is 10.5 Å². The number of hydrogen-bond acceptors (Lipinski definition) is 13. The van der Waals surface area contributed by atoms with Gasteiger partial charge in [-0.25, -0.2) is 41.6 Å². The molecule has 4 aromatic rings. The zero-order valence-electron chi connectivity index (χ0n) is 19.7. The van der Waals surface area contributed by atoms with Crippen LogP contribution in [0.1, 0.15) is 6.42 Å². The first-order valence-electron chi connectivity index (χ1n) is 10.7. The van der Waals surface area contributed by atoms with E-state index in [2.05, 4.69) is 30.3 Å². The Kier molecular flexibility index (Phi) is 7.79. The van der Waals surface area contributed by atoms with Crippen LogP contribution in [0.2, 0.25) is 0 Å². The summed E-state index contributed by atoms with van der Waals surface area (Å²) in [6, 6.07) is 7.20. The Morgan fingerprint density at radius 3 is 2.50 bits per heavy atom. The van der Waals surface area contributed by atoms with Gasteiger partial charge in [0.25, 0.3) is 0 Å². The summed E-state index contributed by atoms with van der Waals surface area (Å²) in [4.78, 5) is 13.5. The summed E-state index contributed by atoms with van der Waals surface area (Å²) >= 11 is 1.16. The Hall–Kier alpha value is -3.76. The summed E-state index contributed by atoms with van der Waals surface area (Å²) < 4.78 is 95.8. The molecule has 0 aliphatic heterocycles. The van der Waals surface area contributed by atoms with Crippen LogP contribution in [-0.4, -0.2) is 67.4 Å². The topological polar surface area (TPSA) is 252 Å². The van der Waals surface area contributed by atoms with Crippen LogP contribution in [0.4, 0.5) is 18.3 Å². The number of anilines is 1. The predicted octanol–water partition coefficient (Wildman–Crippen LogP) is 0.432. The molecule has 0 saturated carbocycles. The number of ether oxygens (including phenoxy) is 1. The van der Waals surface area contributed by atoms with Crippen LogP contribution in [0.3, 0.4) is 0 Å². The lowest BCUT2D eigenvalue weighted by molar-refractivity contribution is -0.204. The number of nitrogen functional groups attached to an aromatic ring is 1. The first-order chi connectivity index (χ1) is 18.6. The van der Waals surface area contributed by atoms with Crippen LogP contribution >= 0.6 is 11.3 Å². The highest BCUT2D eigenvalue weighted by atomic mass is 32.2. The van der Waals surface area contributed by atoms with Gasteiger partial charge in [0.2, 0.25) is 20.0 Å². The van der Waals surface area contributed by atoms with E-state index in [0.717, 1.165) is 17.4 Å². The number of primary sulfonamides is 1. The third-order valence-electron chi connectivity index (χ3n) is 5.21. The molecule has 0 spiro atoms. The molecule has 0 radical (unpaired) electrons. The van der Waals surface area contributed by atoms with Crippen molar-refractivity contribution in [2.45, 2.75) is 28.6 Å². The molecule has 1 atom stereocenters. The molecule has 15 nitrogen and oxygen atoms in total. The zero-order valence-corrected chi connectivity index (χ0v) is 22.2. The number of tetrazole rings is 1. The van der Waals surface area contributed by atoms with Crippen molar-refractivity contribution >= 4 is 52.7 Å². The summed E-state index contributed by atoms with van der Waals surface area (Å²) in [5, 5.41) is 18.7. The van der Waals surface area contributed by atoms with Crippen LogP contribution in [0, 0.1) is 0 Å². The van der Waals surface area contributed by atoms with E-state index in [-0.39, 0.29) is 22.1 Å². The maximum absolute atomic E-state index is 13.2. The monoisotopic (exact) mass is 621 g/mol. The molecule has 40 heavy (non-hydrogen) atoms. The number of thiazole rings is 1. The smallest absolute Gasteiger partial charge is 0.440 e. The molecule has 0 bridgehead atoms. The second-order valence-electron chi connectivity index (χ2n) is 7.94. The van der Waals surface area contributed by atoms with Crippen LogP contribution in [0.5, 0.6) is 0 Å². The number of nitrogens with one attached hydrogen (secondary N) is 2. The first kappa shape index (κ1) is 29.2. The molecule has 2 heterocycles. The standard InChI is InChI=1S/C19H18F3N9O6S3/c20-19(21,22)17(32)37-12(23)6-7-26-40(35,36)11-5-4-8(9-2-1-3-10-14(9)27-18(24)38-10)13(15(11)39(25,33)34)16-28-30-31-29-16/h1-5,12,26H,6-7,23H2,(H2,24,27)(H2,25,33,34)(H,28,29,30,31). The van der Waals surface area contributed by atoms with Gasteiger partial charge in [0.05, 0.1) is 15.8 Å². The number of rotatable bonds is 9. The maximum Gasteiger partial charge on any atom is 0.490 e. The minimum Gasteiger partial charge on any atom is -0.440 e. The van der Waals surface area contributed by atoms with E-state index >= 15 is 0 Å². The van der Waals surface area contributed by atoms with Crippen LogP contribution in [0.25, 0.3) is 32.7 Å². The number of sulfonamides is 2. The van der Waals surface area contributed by atoms with Crippen molar-refractivity contribution in [1.82, 2.24) is 30.3 Å². The van der Waals surface area contributed by atoms with Gasteiger partial charge in [-0.3, -0.25) is 5.73 Å². The van der Waals surface area contributed by atoms with Gasteiger partial charge in [-0.15, -0.1) is 5.10 Å². The lowest BCUT2D eigenvalue weighted by atomic mass is 9.98. The third kappa shape index (κ3) is 6.03. The molecule has 0 fully saturated rings. The number of para-hydroxylation sites is 1. The van der Waals surface area contributed by atoms with Gasteiger partial charge in [0.15, 0.2) is 17.2 Å². The van der Waals surface area contributed by atoms with Crippen LogP contribution in [0.15, 0.2) is 40.1 Å². The Balaban J connectivity index is 1.80. The molecule has 0 saturated heterocycles. The highest BCUT2D eigenvalue weighted by Crippen LogP contribution is 2.41. The second-order valence-corrected chi connectivity index (χ2v) is 12.2. The van der Waals surface area contributed by atoms with Gasteiger partial charge in [-0.1, -0.05) is 29.5 Å². The van der Waals surface area contributed by atoms with E-state index < -0.39 is 61.2 Å². The number of nitrogens with zero attached hydrogens (tertiary/aromatic N) is 4. The highest BCUT2D eigenvalue weighted by molar-refractivity contribution is 7.92. The van der Waals surface area contributed by atoms with Crippen molar-refractivity contribution < 1.29 is 39.5 Å². The number of carbonyl (C=O) groups is 1. The lowest BCUT2D eigenvalue weighted by Gasteiger charge is -2.18. The number of carbonyl (C=O) groups excluding carboxylic acids is 1. The number of aromatic amines is 1. The maximum atomic E-state index is 13.2. The van der Waals surface area contributed by atoms with E-state index in [9.17, 15) is 34.8 Å². The summed E-state index contributed by atoms with van der Waals surface area (Å²) in [7, 11) is -9.54. The molecular formula is C19H18F3N9O6S3. The summed E-state index contributed by atoms with van der Waals surface area (Å²) in [6.07, 6.45) is -7.71. The highest BCUT2D eigenvalue weighted by Gasteiger charge is 2.42. The van der Waals surface area contributed by atoms with Crippen LogP contribution in [-0.2, 0) is 29.6 Å². The number of aromatic nitrogens is 5. The summed E-state index contributed by atoms with van der Waals surface area (Å²) in [5.74, 6) is -2.81. The quantitative estimate of drug-likeness (QED) is 0.126. The fourth-order valence-electron chi connectivity index (χ4n) is 3.64. The minimum absolute atomic E-state index is 0.138. The number of hydrogen-bond donors (Lipinski definition) is 5. The number of H-pyrrole nitrogens is 1. The lowest BCUT2D eigenvalue weighted by Crippen LogP contribution is -2.37. The van der Waals surface area contributed by atoms with E-state index in [4.69, 9.17) is 16.6 Å². The number of alkyl halides is 3. The molecule has 4 rings (SSSR count). The Labute approximate surface area is 227 Å². The fourth-order valence-corrected chi connectivity index (χ4v) is 7.06. The minimum atomic E-state index is -5.30. The van der Waals surface area contributed by atoms with Crippen molar-refractivity contribution in [3.05, 3.63) is 30.3 Å². The molecule has 2 aromatic carbocycles. The number of halogens is 3. The van der Waals surface area contributed by atoms with Crippen LogP contribution < -0.4 is 21.3 Å². The Morgan fingerprint density at radius 1 is 1.15 bits per heavy atom. The number of esters is 1. The molecule has 214 valence electrons. The number of benzene rings is 2. The second kappa shape index (κ2) is 10.7. The molecule has 1 unspecified atom stereocenters. The predicted molar refractivity (Wildman–Crippen MR) is 134 cm³/mol. The number of fused-ring (bicyclic) bond motifs is 1. The van der Waals surface area contributed by atoms with E-state index in [1.54, 1.807) is 18.2 Å². The Bertz CT molecular complexity index is 1790. The molecule has 0 amide bonds. The average Bonchev–Trinajstić information content (AvgIpc) is 3.50. The average molecular weight is 622 g/mol. The van der Waals surface area contributed by atoms with Crippen molar-refractivity contribution in [1.29, 1.82) is 0 Å². The van der Waals surface area contributed by atoms with Crippen molar-refractivity contribution in [3.63, 3.8) is 0 Å². The number of nitrogens with two attached hydrogens (primary N) is 3. The SMILES string of the molecule is Nc1nc2c(-c3ccc(S(=O)(=O)NCCC(N)OC(=O)C(F)(F)F)c(S(N)(=O)=O)c3-c3nnn[nH]3)cccc2s1. The molecular weight excluding hydrogens is 603 g/mol.